The molecule has 0 radical (unpaired) electrons. The molecule has 1 aliphatic rings. The van der Waals surface area contributed by atoms with Crippen LogP contribution in [0, 0.1) is 5.82 Å². The number of hydrogen-bond donors (Lipinski definition) is 0. The summed E-state index contributed by atoms with van der Waals surface area (Å²) in [5.41, 5.74) is 2.40. The van der Waals surface area contributed by atoms with Crippen LogP contribution in [-0.2, 0) is 16.2 Å². The lowest BCUT2D eigenvalue weighted by molar-refractivity contribution is -0.133. The van der Waals surface area contributed by atoms with Crippen molar-refractivity contribution in [2.75, 3.05) is 20.8 Å². The van der Waals surface area contributed by atoms with Gasteiger partial charge in [-0.2, -0.15) is 0 Å². The molecule has 1 heterocycles. The summed E-state index contributed by atoms with van der Waals surface area (Å²) in [5.74, 6) is 0.923. The van der Waals surface area contributed by atoms with Crippen molar-refractivity contribution < 1.29 is 23.5 Å². The van der Waals surface area contributed by atoms with E-state index in [0.29, 0.717) is 37.4 Å². The summed E-state index contributed by atoms with van der Waals surface area (Å²) >= 11 is 0. The average Bonchev–Trinajstić information content (AvgIpc) is 3.20. The first-order valence-corrected chi connectivity index (χ1v) is 9.51. The van der Waals surface area contributed by atoms with Gasteiger partial charge in [0.1, 0.15) is 5.82 Å². The van der Waals surface area contributed by atoms with Crippen molar-refractivity contribution in [3.05, 3.63) is 59.4 Å². The Hall–Kier alpha value is -3.09. The molecule has 2 aromatic carbocycles. The molecule has 0 bridgehead atoms. The summed E-state index contributed by atoms with van der Waals surface area (Å²) in [6.45, 7) is 2.52. The molecule has 0 saturated carbocycles. The third-order valence-corrected chi connectivity index (χ3v) is 4.79. The fraction of sp³-hybridized carbons (Fsp3) is 0.364. The molecule has 0 saturated heterocycles. The molecule has 29 heavy (non-hydrogen) atoms. The predicted molar refractivity (Wildman–Crippen MR) is 108 cm³/mol. The van der Waals surface area contributed by atoms with Crippen molar-refractivity contribution in [2.24, 2.45) is 5.16 Å². The normalized spacial score (nSPS) is 15.4. The maximum absolute atomic E-state index is 13.5. The van der Waals surface area contributed by atoms with E-state index in [-0.39, 0.29) is 17.8 Å². The van der Waals surface area contributed by atoms with E-state index in [1.807, 2.05) is 25.1 Å². The Labute approximate surface area is 169 Å². The Morgan fingerprint density at radius 1 is 1.21 bits per heavy atom. The second kappa shape index (κ2) is 9.41. The number of carbonyl (C=O) groups excluding carboxylic acids is 1. The van der Waals surface area contributed by atoms with E-state index in [1.54, 1.807) is 31.3 Å². The Balaban J connectivity index is 1.68. The van der Waals surface area contributed by atoms with Crippen LogP contribution in [0.5, 0.6) is 11.5 Å². The summed E-state index contributed by atoms with van der Waals surface area (Å²) in [7, 11) is 3.17. The van der Waals surface area contributed by atoms with Gasteiger partial charge < -0.3 is 19.2 Å². The van der Waals surface area contributed by atoms with Crippen molar-refractivity contribution in [3.8, 4) is 11.5 Å². The molecule has 7 heteroatoms. The topological polar surface area (TPSA) is 60.4 Å². The van der Waals surface area contributed by atoms with Crippen molar-refractivity contribution in [3.63, 3.8) is 0 Å². The molecule has 0 fully saturated rings. The number of ether oxygens (including phenoxy) is 2. The number of carbonyl (C=O) groups is 1. The maximum Gasteiger partial charge on any atom is 0.222 e. The van der Waals surface area contributed by atoms with Gasteiger partial charge in [0, 0.05) is 24.9 Å². The second-order valence-corrected chi connectivity index (χ2v) is 6.80. The van der Waals surface area contributed by atoms with E-state index < -0.39 is 0 Å². The van der Waals surface area contributed by atoms with Crippen LogP contribution < -0.4 is 9.47 Å². The summed E-state index contributed by atoms with van der Waals surface area (Å²) < 4.78 is 24.1. The van der Waals surface area contributed by atoms with Gasteiger partial charge in [0.15, 0.2) is 17.6 Å². The van der Waals surface area contributed by atoms with Gasteiger partial charge in [-0.05, 0) is 35.9 Å². The molecular weight excluding hydrogens is 375 g/mol. The number of oxime groups is 1. The summed E-state index contributed by atoms with van der Waals surface area (Å²) in [6, 6.07) is 11.8. The van der Waals surface area contributed by atoms with Gasteiger partial charge in [-0.3, -0.25) is 4.79 Å². The third-order valence-electron chi connectivity index (χ3n) is 4.79. The number of hydrogen-bond acceptors (Lipinski definition) is 5. The van der Waals surface area contributed by atoms with Crippen LogP contribution in [-0.4, -0.2) is 43.4 Å². The van der Waals surface area contributed by atoms with Crippen LogP contribution in [0.25, 0.3) is 0 Å². The Morgan fingerprint density at radius 3 is 2.69 bits per heavy atom. The predicted octanol–water partition coefficient (Wildman–Crippen LogP) is 3.77. The van der Waals surface area contributed by atoms with Crippen LogP contribution in [0.15, 0.2) is 47.6 Å². The van der Waals surface area contributed by atoms with E-state index in [4.69, 9.17) is 14.3 Å². The highest BCUT2D eigenvalue weighted by Crippen LogP contribution is 2.29. The first-order chi connectivity index (χ1) is 14.0. The van der Waals surface area contributed by atoms with Crippen molar-refractivity contribution in [1.82, 2.24) is 4.90 Å². The molecule has 2 aromatic rings. The highest BCUT2D eigenvalue weighted by molar-refractivity contribution is 6.01. The number of benzene rings is 2. The Morgan fingerprint density at radius 2 is 2.00 bits per heavy atom. The zero-order chi connectivity index (χ0) is 20.8. The molecule has 0 aromatic heterocycles. The van der Waals surface area contributed by atoms with E-state index in [1.165, 1.54) is 12.1 Å². The van der Waals surface area contributed by atoms with E-state index >= 15 is 0 Å². The van der Waals surface area contributed by atoms with E-state index in [0.717, 1.165) is 16.8 Å². The van der Waals surface area contributed by atoms with Gasteiger partial charge in [-0.25, -0.2) is 4.39 Å². The number of amides is 1. The van der Waals surface area contributed by atoms with Crippen LogP contribution in [0.1, 0.15) is 30.9 Å². The van der Waals surface area contributed by atoms with Gasteiger partial charge in [-0.15, -0.1) is 0 Å². The number of rotatable bonds is 8. The lowest BCUT2D eigenvalue weighted by atomic mass is 10.0. The number of halogens is 1. The maximum atomic E-state index is 13.5. The summed E-state index contributed by atoms with van der Waals surface area (Å²) in [6.07, 6.45) is 0.666. The van der Waals surface area contributed by atoms with Gasteiger partial charge in [0.25, 0.3) is 0 Å². The first kappa shape index (κ1) is 20.6. The first-order valence-electron chi connectivity index (χ1n) is 9.51. The quantitative estimate of drug-likeness (QED) is 0.677. The van der Waals surface area contributed by atoms with Crippen molar-refractivity contribution in [1.29, 1.82) is 0 Å². The summed E-state index contributed by atoms with van der Waals surface area (Å²) in [5, 5.41) is 4.20. The molecule has 0 unspecified atom stereocenters. The third kappa shape index (κ3) is 5.04. The molecule has 0 aliphatic carbocycles. The molecular formula is C22H25FN2O4. The molecule has 6 nitrogen and oxygen atoms in total. The number of methoxy groups -OCH3 is 2. The summed E-state index contributed by atoms with van der Waals surface area (Å²) in [4.78, 5) is 19.7. The molecule has 0 spiro atoms. The highest BCUT2D eigenvalue weighted by atomic mass is 19.1. The molecule has 154 valence electrons. The monoisotopic (exact) mass is 400 g/mol. The zero-order valence-electron chi connectivity index (χ0n) is 16.9. The van der Waals surface area contributed by atoms with E-state index in [9.17, 15) is 9.18 Å². The lowest BCUT2D eigenvalue weighted by Gasteiger charge is -2.24. The minimum atomic E-state index is -0.317. The van der Waals surface area contributed by atoms with E-state index in [2.05, 4.69) is 5.16 Å². The van der Waals surface area contributed by atoms with Crippen molar-refractivity contribution in [2.45, 2.75) is 32.4 Å². The Bertz CT molecular complexity index is 900. The van der Waals surface area contributed by atoms with Crippen molar-refractivity contribution >= 4 is 11.6 Å². The van der Waals surface area contributed by atoms with Crippen LogP contribution in [0.3, 0.4) is 0 Å². The second-order valence-electron chi connectivity index (χ2n) is 6.80. The van der Waals surface area contributed by atoms with Gasteiger partial charge >= 0.3 is 0 Å². The molecule has 1 aliphatic heterocycles. The smallest absolute Gasteiger partial charge is 0.222 e. The fourth-order valence-electron chi connectivity index (χ4n) is 3.29. The molecule has 0 N–H and O–H groups in total. The standard InChI is InChI=1S/C22H25FN2O4/c1-4-22(26)25(13-15-6-5-7-17(23)10-15)14-18-12-19(24-29-18)16-8-9-20(27-2)21(11-16)28-3/h5-11,18H,4,12-14H2,1-3H3/t18-/m0/s1. The zero-order valence-corrected chi connectivity index (χ0v) is 16.9. The largest absolute Gasteiger partial charge is 0.493 e. The highest BCUT2D eigenvalue weighted by Gasteiger charge is 2.27. The van der Waals surface area contributed by atoms with Crippen LogP contribution in [0.4, 0.5) is 4.39 Å². The number of nitrogens with zero attached hydrogens (tertiary/aromatic N) is 2. The Kier molecular flexibility index (Phi) is 6.69. The molecule has 1 amide bonds. The van der Waals surface area contributed by atoms with Gasteiger partial charge in [-0.1, -0.05) is 24.2 Å². The van der Waals surface area contributed by atoms with Crippen LogP contribution in [0.2, 0.25) is 0 Å². The van der Waals surface area contributed by atoms with Crippen LogP contribution >= 0.6 is 0 Å². The minimum absolute atomic E-state index is 0.0163. The molecule has 3 rings (SSSR count). The average molecular weight is 400 g/mol. The minimum Gasteiger partial charge on any atom is -0.493 e. The fourth-order valence-corrected chi connectivity index (χ4v) is 3.29. The molecule has 1 atom stereocenters. The van der Waals surface area contributed by atoms with Gasteiger partial charge in [0.2, 0.25) is 5.91 Å². The lowest BCUT2D eigenvalue weighted by Crippen LogP contribution is -2.36. The van der Waals surface area contributed by atoms with Gasteiger partial charge in [0.05, 0.1) is 26.5 Å². The SMILES string of the molecule is CCC(=O)N(Cc1cccc(F)c1)C[C@@H]1CC(c2ccc(OC)c(OC)c2)=NO1.